The van der Waals surface area contributed by atoms with Crippen LogP contribution in [0.4, 0.5) is 0 Å². The Morgan fingerprint density at radius 3 is 1.88 bits per heavy atom. The summed E-state index contributed by atoms with van der Waals surface area (Å²) in [5.41, 5.74) is 9.99. The molecule has 0 radical (unpaired) electrons. The summed E-state index contributed by atoms with van der Waals surface area (Å²) in [6, 6.07) is 32.6. The summed E-state index contributed by atoms with van der Waals surface area (Å²) in [6.07, 6.45) is 9.45. The zero-order valence-corrected chi connectivity index (χ0v) is 29.2. The van der Waals surface area contributed by atoms with Crippen LogP contribution in [0.5, 0.6) is 11.5 Å². The third-order valence-electron chi connectivity index (χ3n) is 9.30. The summed E-state index contributed by atoms with van der Waals surface area (Å²) >= 11 is 0. The molecule has 5 heterocycles. The normalized spacial score (nSPS) is 12.0. The number of pyridine rings is 3. The molecule has 0 fully saturated rings. The van der Waals surface area contributed by atoms with Crippen LogP contribution in [-0.2, 0) is 21.1 Å². The van der Waals surface area contributed by atoms with Crippen LogP contribution < -0.4 is 4.74 Å². The first-order valence-corrected chi connectivity index (χ1v) is 16.1. The molecule has 0 aliphatic rings. The summed E-state index contributed by atoms with van der Waals surface area (Å²) < 4.78 is 10.6. The van der Waals surface area contributed by atoms with Crippen molar-refractivity contribution in [3.8, 4) is 22.6 Å². The zero-order valence-electron chi connectivity index (χ0n) is 26.9. The quantitative estimate of drug-likeness (QED) is 0.128. The minimum Gasteiger partial charge on any atom is -0.497 e. The fourth-order valence-corrected chi connectivity index (χ4v) is 7.12. The number of benzene rings is 4. The van der Waals surface area contributed by atoms with Crippen molar-refractivity contribution in [1.29, 1.82) is 0 Å². The molecule has 0 aliphatic carbocycles. The molecular formula is C41H31N5OPt. The van der Waals surface area contributed by atoms with E-state index in [-0.39, 0.29) is 21.1 Å². The van der Waals surface area contributed by atoms with Crippen LogP contribution >= 0.6 is 0 Å². The number of hydrogen-bond acceptors (Lipinski definition) is 4. The van der Waals surface area contributed by atoms with Gasteiger partial charge in [-0.1, -0.05) is 104 Å². The van der Waals surface area contributed by atoms with E-state index >= 15 is 0 Å². The second-order valence-electron chi connectivity index (χ2n) is 12.8. The maximum atomic E-state index is 6.41. The predicted molar refractivity (Wildman–Crippen MR) is 190 cm³/mol. The van der Waals surface area contributed by atoms with E-state index in [2.05, 4.69) is 103 Å². The fourth-order valence-electron chi connectivity index (χ4n) is 7.12. The van der Waals surface area contributed by atoms with E-state index in [0.717, 1.165) is 54.8 Å². The summed E-state index contributed by atoms with van der Waals surface area (Å²) in [6.45, 7) is 9.09. The molecule has 236 valence electrons. The summed E-state index contributed by atoms with van der Waals surface area (Å²) in [4.78, 5) is 14.1. The topological polar surface area (TPSA) is 56.7 Å². The minimum absolute atomic E-state index is 0. The van der Waals surface area contributed by atoms with E-state index in [4.69, 9.17) is 9.72 Å². The molecule has 0 saturated carbocycles. The smallest absolute Gasteiger partial charge is 0.497 e. The maximum Gasteiger partial charge on any atom is 2.00 e. The number of ether oxygens (including phenoxy) is 1. The molecule has 0 atom stereocenters. The van der Waals surface area contributed by atoms with E-state index in [1.807, 2.05) is 53.5 Å². The molecular weight excluding hydrogens is 774 g/mol. The molecule has 4 aromatic carbocycles. The van der Waals surface area contributed by atoms with Crippen LogP contribution in [0.1, 0.15) is 50.7 Å². The van der Waals surface area contributed by atoms with Gasteiger partial charge in [0.15, 0.2) is 0 Å². The van der Waals surface area contributed by atoms with Gasteiger partial charge in [0.25, 0.3) is 0 Å². The van der Waals surface area contributed by atoms with Crippen LogP contribution in [0.2, 0.25) is 0 Å². The number of imidazole rings is 2. The Labute approximate surface area is 292 Å². The Morgan fingerprint density at radius 2 is 1.21 bits per heavy atom. The minimum atomic E-state index is 0. The van der Waals surface area contributed by atoms with Gasteiger partial charge in [-0.3, -0.25) is 15.0 Å². The van der Waals surface area contributed by atoms with Crippen molar-refractivity contribution in [3.05, 3.63) is 127 Å². The molecule has 0 spiro atoms. The van der Waals surface area contributed by atoms with Crippen molar-refractivity contribution in [2.24, 2.45) is 0 Å². The second kappa shape index (κ2) is 11.6. The van der Waals surface area contributed by atoms with Crippen LogP contribution in [0.15, 0.2) is 104 Å². The molecule has 0 amide bonds. The van der Waals surface area contributed by atoms with Crippen molar-refractivity contribution in [3.63, 3.8) is 0 Å². The molecule has 6 nitrogen and oxygen atoms in total. The first kappa shape index (κ1) is 30.3. The number of hydrogen-bond donors (Lipinski definition) is 0. The van der Waals surface area contributed by atoms with E-state index in [0.29, 0.717) is 23.3 Å². The molecule has 0 saturated heterocycles. The number of fused-ring (bicyclic) bond motifs is 12. The van der Waals surface area contributed by atoms with Crippen LogP contribution in [-0.4, -0.2) is 23.8 Å². The molecule has 7 heteroatoms. The molecule has 9 aromatic rings. The second-order valence-corrected chi connectivity index (χ2v) is 12.8. The van der Waals surface area contributed by atoms with Crippen molar-refractivity contribution in [1.82, 2.24) is 23.8 Å². The molecule has 5 aromatic heterocycles. The summed E-state index contributed by atoms with van der Waals surface area (Å²) in [5, 5.41) is 4.97. The Balaban J connectivity index is 0.00000336. The molecule has 0 aliphatic heterocycles. The van der Waals surface area contributed by atoms with E-state index in [9.17, 15) is 0 Å². The van der Waals surface area contributed by atoms with Gasteiger partial charge in [0.2, 0.25) is 0 Å². The van der Waals surface area contributed by atoms with Crippen molar-refractivity contribution in [2.45, 2.75) is 39.5 Å². The number of nitrogens with zero attached hydrogens (tertiary/aromatic N) is 5. The summed E-state index contributed by atoms with van der Waals surface area (Å²) in [5.74, 6) is 2.01. The largest absolute Gasteiger partial charge is 2.00 e. The zero-order chi connectivity index (χ0) is 31.8. The van der Waals surface area contributed by atoms with E-state index < -0.39 is 0 Å². The molecule has 0 bridgehead atoms. The average molecular weight is 805 g/mol. The average Bonchev–Trinajstić information content (AvgIpc) is 3.79. The van der Waals surface area contributed by atoms with Crippen LogP contribution in [0.3, 0.4) is 0 Å². The van der Waals surface area contributed by atoms with E-state index in [1.165, 1.54) is 22.3 Å². The van der Waals surface area contributed by atoms with Gasteiger partial charge in [-0.05, 0) is 57.7 Å². The standard InChI is InChI=1S/C41H31N5O.Pt/c1-24(2)29-7-5-8-30(25(3)4)38(29)26-10-13-32-31-14-11-27(22-34(31)40-43-18-20-46(40)37(32)21-26)47-28-12-15-33-35(23-28)41-44-17-19-45(41)36-9-6-16-42-39(33)36;/h5-21,24-25H,1-4H3;/q-2;+2. The first-order valence-electron chi connectivity index (χ1n) is 16.1. The third kappa shape index (κ3) is 4.62. The maximum absolute atomic E-state index is 6.41. The number of rotatable bonds is 5. The Morgan fingerprint density at radius 1 is 0.604 bits per heavy atom. The van der Waals surface area contributed by atoms with E-state index in [1.54, 1.807) is 6.20 Å². The Hall–Kier alpha value is -5.06. The van der Waals surface area contributed by atoms with Crippen molar-refractivity contribution in [2.75, 3.05) is 0 Å². The Kier molecular flexibility index (Phi) is 7.30. The van der Waals surface area contributed by atoms with Crippen LogP contribution in [0.25, 0.3) is 65.9 Å². The van der Waals surface area contributed by atoms with Gasteiger partial charge in [-0.15, -0.1) is 12.1 Å². The Bertz CT molecular complexity index is 2660. The summed E-state index contributed by atoms with van der Waals surface area (Å²) in [7, 11) is 0. The monoisotopic (exact) mass is 804 g/mol. The van der Waals surface area contributed by atoms with Crippen molar-refractivity contribution >= 4 is 54.8 Å². The molecule has 48 heavy (non-hydrogen) atoms. The van der Waals surface area contributed by atoms with Gasteiger partial charge in [-0.25, -0.2) is 0 Å². The van der Waals surface area contributed by atoms with Gasteiger partial charge in [0.05, 0.1) is 22.3 Å². The fraction of sp³-hybridized carbons (Fsp3) is 0.146. The van der Waals surface area contributed by atoms with Gasteiger partial charge in [0, 0.05) is 48.0 Å². The molecule has 9 rings (SSSR count). The molecule has 0 unspecified atom stereocenters. The number of aromatic nitrogens is 5. The third-order valence-corrected chi connectivity index (χ3v) is 9.30. The predicted octanol–water partition coefficient (Wildman–Crippen LogP) is 10.3. The SMILES string of the molecule is CC(C)c1cccc(C(C)C)c1-c1ccc2c3ccc(Oc4[c-]c5c(cc4)c4ncccc4n4ccnc54)[c-]c3c3nccn3c2c1.[Pt+2]. The van der Waals surface area contributed by atoms with Crippen LogP contribution in [0, 0.1) is 12.1 Å². The van der Waals surface area contributed by atoms with Gasteiger partial charge in [-0.2, -0.15) is 0 Å². The van der Waals surface area contributed by atoms with Gasteiger partial charge in [0.1, 0.15) is 0 Å². The van der Waals surface area contributed by atoms with Gasteiger partial charge < -0.3 is 13.5 Å². The van der Waals surface area contributed by atoms with Gasteiger partial charge >= 0.3 is 21.1 Å². The van der Waals surface area contributed by atoms with Crippen molar-refractivity contribution < 1.29 is 25.8 Å². The molecule has 0 N–H and O–H groups in total. The first-order chi connectivity index (χ1) is 23.0.